The van der Waals surface area contributed by atoms with Crippen LogP contribution in [0.4, 0.5) is 0 Å². The second-order valence-electron chi connectivity index (χ2n) is 4.13. The molecule has 0 amide bonds. The van der Waals surface area contributed by atoms with Crippen molar-refractivity contribution < 1.29 is 18.9 Å². The lowest BCUT2D eigenvalue weighted by molar-refractivity contribution is -0.137. The van der Waals surface area contributed by atoms with E-state index >= 15 is 0 Å². The zero-order chi connectivity index (χ0) is 11.1. The van der Waals surface area contributed by atoms with Gasteiger partial charge >= 0.3 is 5.97 Å². The Labute approximate surface area is 84.7 Å². The molecule has 6 heteroatoms. The van der Waals surface area contributed by atoms with Crippen molar-refractivity contribution in [3.63, 3.8) is 0 Å². The third-order valence-electron chi connectivity index (χ3n) is 1.91. The van der Waals surface area contributed by atoms with E-state index in [1.54, 1.807) is 20.8 Å². The van der Waals surface area contributed by atoms with Crippen LogP contribution in [0.25, 0.3) is 0 Å². The van der Waals surface area contributed by atoms with Gasteiger partial charge in [-0.15, -0.1) is 0 Å². The maximum Gasteiger partial charge on any atom is 0.324 e. The smallest absolute Gasteiger partial charge is 0.324 e. The van der Waals surface area contributed by atoms with E-state index in [1.165, 1.54) is 4.31 Å². The second-order valence-corrected chi connectivity index (χ2v) is 6.28. The van der Waals surface area contributed by atoms with Crippen molar-refractivity contribution in [2.24, 2.45) is 0 Å². The Hall–Kier alpha value is -0.750. The van der Waals surface area contributed by atoms with Crippen molar-refractivity contribution in [2.45, 2.75) is 37.6 Å². The predicted octanol–water partition coefficient (Wildman–Crippen LogP) is -0.215. The summed E-state index contributed by atoms with van der Waals surface area (Å²) in [7, 11) is -1.44. The number of carbonyl (C=O) groups is 2. The van der Waals surface area contributed by atoms with Crippen LogP contribution >= 0.6 is 0 Å². The number of aldehydes is 1. The summed E-state index contributed by atoms with van der Waals surface area (Å²) < 4.78 is 12.4. The Kier molecular flexibility index (Phi) is 2.78. The van der Waals surface area contributed by atoms with Gasteiger partial charge in [-0.2, -0.15) is 4.31 Å². The summed E-state index contributed by atoms with van der Waals surface area (Å²) in [5.41, 5.74) is 0. The Morgan fingerprint density at radius 3 is 2.21 bits per heavy atom. The summed E-state index contributed by atoms with van der Waals surface area (Å²) in [5.74, 6) is -1.10. The van der Waals surface area contributed by atoms with Crippen molar-refractivity contribution in [1.29, 1.82) is 0 Å². The van der Waals surface area contributed by atoms with Gasteiger partial charge in [0.05, 0.1) is 4.75 Å². The summed E-state index contributed by atoms with van der Waals surface area (Å²) in [6.45, 7) is 5.21. The molecule has 1 aliphatic heterocycles. The van der Waals surface area contributed by atoms with Crippen LogP contribution in [0.2, 0.25) is 0 Å². The molecule has 1 aliphatic rings. The van der Waals surface area contributed by atoms with Crippen LogP contribution in [-0.4, -0.2) is 42.7 Å². The molecule has 1 fully saturated rings. The van der Waals surface area contributed by atoms with Crippen LogP contribution in [0.1, 0.15) is 20.8 Å². The molecule has 5 nitrogen and oxygen atoms in total. The summed E-state index contributed by atoms with van der Waals surface area (Å²) in [5, 5.41) is 8.70. The second kappa shape index (κ2) is 3.43. The van der Waals surface area contributed by atoms with Gasteiger partial charge in [0.15, 0.2) is 0 Å². The van der Waals surface area contributed by atoms with E-state index in [9.17, 15) is 13.8 Å². The van der Waals surface area contributed by atoms with Gasteiger partial charge in [-0.3, -0.25) is 4.79 Å². The molecule has 1 saturated heterocycles. The van der Waals surface area contributed by atoms with Gasteiger partial charge in [-0.25, -0.2) is 4.21 Å². The van der Waals surface area contributed by atoms with E-state index < -0.39 is 33.8 Å². The first-order chi connectivity index (χ1) is 6.30. The summed E-state index contributed by atoms with van der Waals surface area (Å²) in [6.07, 6.45) is 0.530. The molecule has 3 unspecified atom stereocenters. The zero-order valence-corrected chi connectivity index (χ0v) is 9.08. The van der Waals surface area contributed by atoms with E-state index in [1.807, 2.05) is 0 Å². The van der Waals surface area contributed by atoms with Gasteiger partial charge in [-0.1, -0.05) is 0 Å². The highest BCUT2D eigenvalue weighted by Crippen LogP contribution is 2.33. The van der Waals surface area contributed by atoms with Crippen LogP contribution in [0.15, 0.2) is 0 Å². The Balaban J connectivity index is 2.78. The standard InChI is InChI=1S/C8H13NO4S/c1-8(2,3)14(13)9-5(4-10)6(9)7(11)12/h4-6H,1-3H3,(H,11,12)/t5?,6-,9?,14?/m0/s1. The molecule has 1 N–H and O–H groups in total. The minimum Gasteiger partial charge on any atom is -0.480 e. The lowest BCUT2D eigenvalue weighted by atomic mass is 10.3. The molecular weight excluding hydrogens is 206 g/mol. The molecule has 0 aromatic heterocycles. The minimum absolute atomic E-state index is 0.530. The van der Waals surface area contributed by atoms with E-state index in [0.29, 0.717) is 6.29 Å². The molecule has 0 aliphatic carbocycles. The van der Waals surface area contributed by atoms with Gasteiger partial charge in [-0.05, 0) is 20.8 Å². The Morgan fingerprint density at radius 2 is 2.00 bits per heavy atom. The number of carbonyl (C=O) groups excluding carboxylic acids is 1. The summed E-state index contributed by atoms with van der Waals surface area (Å²) >= 11 is 0. The topological polar surface area (TPSA) is 74.5 Å². The first-order valence-corrected chi connectivity index (χ1v) is 5.30. The number of rotatable bonds is 3. The highest BCUT2D eigenvalue weighted by Gasteiger charge is 2.58. The normalized spacial score (nSPS) is 33.5. The van der Waals surface area contributed by atoms with Gasteiger partial charge in [0.1, 0.15) is 29.4 Å². The number of hydrogen-bond donors (Lipinski definition) is 1. The van der Waals surface area contributed by atoms with E-state index in [4.69, 9.17) is 5.11 Å². The quantitative estimate of drug-likeness (QED) is 0.526. The van der Waals surface area contributed by atoms with Gasteiger partial charge in [0.25, 0.3) is 0 Å². The predicted molar refractivity (Wildman–Crippen MR) is 51.0 cm³/mol. The first kappa shape index (κ1) is 11.3. The van der Waals surface area contributed by atoms with E-state index in [-0.39, 0.29) is 0 Å². The number of nitrogens with zero attached hydrogens (tertiary/aromatic N) is 1. The molecular formula is C8H13NO4S. The first-order valence-electron chi connectivity index (χ1n) is 4.19. The molecule has 1 heterocycles. The molecule has 0 spiro atoms. The summed E-state index contributed by atoms with van der Waals surface area (Å²) in [4.78, 5) is 21.1. The average Bonchev–Trinajstić information content (AvgIpc) is 2.74. The van der Waals surface area contributed by atoms with Gasteiger partial charge in [0, 0.05) is 0 Å². The third-order valence-corrected chi connectivity index (χ3v) is 3.81. The lowest BCUT2D eigenvalue weighted by Crippen LogP contribution is -2.29. The maximum absolute atomic E-state index is 11.7. The molecule has 0 radical (unpaired) electrons. The Morgan fingerprint density at radius 1 is 1.50 bits per heavy atom. The van der Waals surface area contributed by atoms with Crippen molar-refractivity contribution in [3.8, 4) is 0 Å². The fraction of sp³-hybridized carbons (Fsp3) is 0.750. The molecule has 80 valence electrons. The molecule has 0 aromatic rings. The fourth-order valence-corrected chi connectivity index (χ4v) is 2.53. The van der Waals surface area contributed by atoms with Crippen LogP contribution < -0.4 is 0 Å². The molecule has 0 aromatic carbocycles. The fourth-order valence-electron chi connectivity index (χ4n) is 1.15. The SMILES string of the molecule is CC(C)(C)S(=O)N1C(C=O)[C@H]1C(=O)O. The van der Waals surface area contributed by atoms with Crippen molar-refractivity contribution in [2.75, 3.05) is 0 Å². The van der Waals surface area contributed by atoms with E-state index in [2.05, 4.69) is 0 Å². The van der Waals surface area contributed by atoms with Gasteiger partial charge in [0.2, 0.25) is 0 Å². The lowest BCUT2D eigenvalue weighted by Gasteiger charge is -2.17. The van der Waals surface area contributed by atoms with Crippen LogP contribution in [0.5, 0.6) is 0 Å². The third kappa shape index (κ3) is 1.85. The highest BCUT2D eigenvalue weighted by molar-refractivity contribution is 7.84. The van der Waals surface area contributed by atoms with Crippen LogP contribution in [0, 0.1) is 0 Å². The van der Waals surface area contributed by atoms with Crippen LogP contribution in [0.3, 0.4) is 0 Å². The number of carboxylic acid groups (broad SMARTS) is 1. The summed E-state index contributed by atoms with van der Waals surface area (Å²) in [6, 6.07) is -1.64. The number of carboxylic acids is 1. The molecule has 1 rings (SSSR count). The number of hydrogen-bond acceptors (Lipinski definition) is 3. The molecule has 4 atom stereocenters. The van der Waals surface area contributed by atoms with Crippen molar-refractivity contribution >= 4 is 23.2 Å². The molecule has 0 saturated carbocycles. The monoisotopic (exact) mass is 219 g/mol. The largest absolute Gasteiger partial charge is 0.480 e. The van der Waals surface area contributed by atoms with Crippen molar-refractivity contribution in [1.82, 2.24) is 4.31 Å². The molecule has 14 heavy (non-hydrogen) atoms. The highest BCUT2D eigenvalue weighted by atomic mass is 32.2. The number of aliphatic carboxylic acids is 1. The van der Waals surface area contributed by atoms with E-state index in [0.717, 1.165) is 0 Å². The minimum atomic E-state index is -1.44. The van der Waals surface area contributed by atoms with Gasteiger partial charge < -0.3 is 9.90 Å². The molecule has 0 bridgehead atoms. The maximum atomic E-state index is 11.7. The van der Waals surface area contributed by atoms with Crippen LogP contribution in [-0.2, 0) is 20.6 Å². The zero-order valence-electron chi connectivity index (χ0n) is 8.26. The van der Waals surface area contributed by atoms with Crippen molar-refractivity contribution in [3.05, 3.63) is 0 Å². The Bertz CT molecular complexity index is 296. The average molecular weight is 219 g/mol.